The van der Waals surface area contributed by atoms with Crippen LogP contribution in [0.25, 0.3) is 10.9 Å². The van der Waals surface area contributed by atoms with E-state index in [-0.39, 0.29) is 11.4 Å². The number of likely N-dealkylation sites (N-methyl/N-ethyl adjacent to an activating group) is 1. The number of aromatic nitrogens is 1. The smallest absolute Gasteiger partial charge is 0.309 e. The van der Waals surface area contributed by atoms with Gasteiger partial charge >= 0.3 is 5.97 Å². The first kappa shape index (κ1) is 17.7. The molecule has 6 rings (SSSR count). The average Bonchev–Trinajstić information content (AvgIpc) is 3.06. The molecule has 0 atom stereocenters. The second kappa shape index (κ2) is 6.08. The molecule has 28 heavy (non-hydrogen) atoms. The Morgan fingerprint density at radius 1 is 1.14 bits per heavy atom. The quantitative estimate of drug-likeness (QED) is 0.763. The molecule has 2 heterocycles. The van der Waals surface area contributed by atoms with Gasteiger partial charge in [-0.1, -0.05) is 0 Å². The van der Waals surface area contributed by atoms with Crippen molar-refractivity contribution in [2.45, 2.75) is 57.0 Å². The Labute approximate surface area is 164 Å². The molecular weight excluding hydrogens is 354 g/mol. The number of rotatable bonds is 3. The van der Waals surface area contributed by atoms with Crippen LogP contribution in [0.4, 0.5) is 0 Å². The second-order valence-corrected chi connectivity index (χ2v) is 9.15. The van der Waals surface area contributed by atoms with E-state index in [0.717, 1.165) is 49.7 Å². The van der Waals surface area contributed by atoms with Gasteiger partial charge in [-0.3, -0.25) is 9.59 Å². The lowest BCUT2D eigenvalue weighted by Crippen LogP contribution is -2.58. The number of hydrogen-bond donors (Lipinski definition) is 3. The maximum Gasteiger partial charge on any atom is 0.309 e. The van der Waals surface area contributed by atoms with E-state index in [1.54, 1.807) is 0 Å². The summed E-state index contributed by atoms with van der Waals surface area (Å²) in [4.78, 5) is 30.5. The molecule has 0 spiro atoms. The molecule has 0 saturated heterocycles. The summed E-state index contributed by atoms with van der Waals surface area (Å²) in [6.07, 6.45) is 5.29. The first-order valence-electron chi connectivity index (χ1n) is 10.3. The Morgan fingerprint density at radius 3 is 2.54 bits per heavy atom. The molecule has 2 aromatic rings. The predicted octanol–water partition coefficient (Wildman–Crippen LogP) is 3.06. The predicted molar refractivity (Wildman–Crippen MR) is 106 cm³/mol. The molecule has 0 radical (unpaired) electrons. The van der Waals surface area contributed by atoms with E-state index in [4.69, 9.17) is 0 Å². The van der Waals surface area contributed by atoms with E-state index in [2.05, 4.69) is 22.2 Å². The van der Waals surface area contributed by atoms with Crippen molar-refractivity contribution < 1.29 is 14.7 Å². The van der Waals surface area contributed by atoms with Crippen molar-refractivity contribution in [3.05, 3.63) is 35.0 Å². The third kappa shape index (κ3) is 2.65. The van der Waals surface area contributed by atoms with Gasteiger partial charge in [-0.25, -0.2) is 0 Å². The van der Waals surface area contributed by atoms with E-state index >= 15 is 0 Å². The number of amides is 1. The van der Waals surface area contributed by atoms with Gasteiger partial charge in [0.25, 0.3) is 5.91 Å². The highest BCUT2D eigenvalue weighted by Gasteiger charge is 2.53. The number of nitrogens with one attached hydrogen (secondary N) is 2. The molecule has 1 aliphatic heterocycles. The largest absolute Gasteiger partial charge is 0.481 e. The summed E-state index contributed by atoms with van der Waals surface area (Å²) in [5, 5.41) is 14.0. The van der Waals surface area contributed by atoms with Crippen molar-refractivity contribution in [2.75, 3.05) is 13.6 Å². The highest BCUT2D eigenvalue weighted by Crippen LogP contribution is 2.52. The van der Waals surface area contributed by atoms with Gasteiger partial charge in [0.15, 0.2) is 0 Å². The number of H-pyrrole nitrogens is 1. The highest BCUT2D eigenvalue weighted by atomic mass is 16.4. The number of aromatic amines is 1. The summed E-state index contributed by atoms with van der Waals surface area (Å²) >= 11 is 0. The Kier molecular flexibility index (Phi) is 3.85. The molecule has 3 aliphatic carbocycles. The molecule has 1 aromatic carbocycles. The van der Waals surface area contributed by atoms with Gasteiger partial charge in [0.05, 0.1) is 5.41 Å². The van der Waals surface area contributed by atoms with Crippen LogP contribution in [-0.4, -0.2) is 46.0 Å². The maximum absolute atomic E-state index is 13.1. The van der Waals surface area contributed by atoms with Gasteiger partial charge in [-0.15, -0.1) is 0 Å². The van der Waals surface area contributed by atoms with Crippen LogP contribution in [0.2, 0.25) is 0 Å². The van der Waals surface area contributed by atoms with Crippen LogP contribution >= 0.6 is 0 Å². The van der Waals surface area contributed by atoms with Gasteiger partial charge in [0.2, 0.25) is 0 Å². The van der Waals surface area contributed by atoms with Crippen LogP contribution < -0.4 is 5.32 Å². The minimum atomic E-state index is -0.667. The fourth-order valence-corrected chi connectivity index (χ4v) is 5.50. The summed E-state index contributed by atoms with van der Waals surface area (Å²) in [5.74, 6) is -0.703. The fraction of sp³-hybridized carbons (Fsp3) is 0.545. The van der Waals surface area contributed by atoms with Crippen molar-refractivity contribution in [3.8, 4) is 0 Å². The monoisotopic (exact) mass is 381 g/mol. The number of aliphatic carboxylic acids is 1. The molecule has 148 valence electrons. The minimum Gasteiger partial charge on any atom is -0.481 e. The second-order valence-electron chi connectivity index (χ2n) is 9.15. The standard InChI is InChI=1S/C22H27N3O3/c1-25-11-4-18-16(13-25)15-12-14(2-3-17(15)23-18)19(26)24-22-8-5-21(6-9-22,7-10-22)20(27)28/h2-3,12,23H,4-11,13H2,1H3,(H,24,26)(H,27,28). The summed E-state index contributed by atoms with van der Waals surface area (Å²) < 4.78 is 0. The van der Waals surface area contributed by atoms with E-state index in [1.165, 1.54) is 11.3 Å². The molecule has 6 heteroatoms. The SMILES string of the molecule is CN1CCc2[nH]c3ccc(C(=O)NC45CCC(C(=O)O)(CC4)CC5)cc3c2C1. The molecule has 0 unspecified atom stereocenters. The number of carboxylic acid groups (broad SMARTS) is 1. The summed E-state index contributed by atoms with van der Waals surface area (Å²) in [6.45, 7) is 1.95. The number of fused-ring (bicyclic) bond motifs is 6. The molecule has 2 bridgehead atoms. The number of carbonyl (C=O) groups excluding carboxylic acids is 1. The number of hydrogen-bond acceptors (Lipinski definition) is 3. The minimum absolute atomic E-state index is 0.0364. The van der Waals surface area contributed by atoms with Crippen LogP contribution in [0, 0.1) is 5.41 Å². The third-order valence-corrected chi connectivity index (χ3v) is 7.51. The zero-order valence-electron chi connectivity index (χ0n) is 16.3. The number of benzene rings is 1. The molecule has 4 aliphatic rings. The van der Waals surface area contributed by atoms with Gasteiger partial charge in [-0.05, 0) is 69.3 Å². The normalized spacial score (nSPS) is 29.6. The molecule has 1 aromatic heterocycles. The van der Waals surface area contributed by atoms with Crippen LogP contribution in [0.1, 0.15) is 60.1 Å². The average molecular weight is 381 g/mol. The lowest BCUT2D eigenvalue weighted by Gasteiger charge is -2.51. The summed E-state index contributed by atoms with van der Waals surface area (Å²) in [6, 6.07) is 5.92. The van der Waals surface area contributed by atoms with E-state index in [9.17, 15) is 14.7 Å². The Bertz CT molecular complexity index is 952. The lowest BCUT2D eigenvalue weighted by molar-refractivity contribution is -0.156. The molecule has 6 nitrogen and oxygen atoms in total. The number of carboxylic acids is 1. The van der Waals surface area contributed by atoms with Crippen LogP contribution in [-0.2, 0) is 17.8 Å². The van der Waals surface area contributed by atoms with Crippen molar-refractivity contribution in [1.29, 1.82) is 0 Å². The van der Waals surface area contributed by atoms with Crippen LogP contribution in [0.5, 0.6) is 0 Å². The topological polar surface area (TPSA) is 85.4 Å². The van der Waals surface area contributed by atoms with Gasteiger partial charge in [0.1, 0.15) is 0 Å². The zero-order chi connectivity index (χ0) is 19.5. The lowest BCUT2D eigenvalue weighted by atomic mass is 9.57. The third-order valence-electron chi connectivity index (χ3n) is 7.51. The van der Waals surface area contributed by atoms with Crippen LogP contribution in [0.3, 0.4) is 0 Å². The summed E-state index contributed by atoms with van der Waals surface area (Å²) in [7, 11) is 2.13. The van der Waals surface area contributed by atoms with Gasteiger partial charge < -0.3 is 20.3 Å². The van der Waals surface area contributed by atoms with E-state index < -0.39 is 11.4 Å². The van der Waals surface area contributed by atoms with Gasteiger partial charge in [-0.2, -0.15) is 0 Å². The van der Waals surface area contributed by atoms with Gasteiger partial charge in [0, 0.05) is 47.2 Å². The van der Waals surface area contributed by atoms with Crippen molar-refractivity contribution in [2.24, 2.45) is 5.41 Å². The molecule has 1 amide bonds. The molecule has 3 saturated carbocycles. The molecular formula is C22H27N3O3. The maximum atomic E-state index is 13.1. The fourth-order valence-electron chi connectivity index (χ4n) is 5.50. The Morgan fingerprint density at radius 2 is 1.86 bits per heavy atom. The number of nitrogens with zero attached hydrogens (tertiary/aromatic N) is 1. The Hall–Kier alpha value is -2.34. The van der Waals surface area contributed by atoms with E-state index in [0.29, 0.717) is 24.8 Å². The van der Waals surface area contributed by atoms with E-state index in [1.807, 2.05) is 18.2 Å². The molecule has 3 N–H and O–H groups in total. The van der Waals surface area contributed by atoms with Crippen molar-refractivity contribution >= 4 is 22.8 Å². The zero-order valence-corrected chi connectivity index (χ0v) is 16.3. The van der Waals surface area contributed by atoms with Crippen LogP contribution in [0.15, 0.2) is 18.2 Å². The van der Waals surface area contributed by atoms with Crippen molar-refractivity contribution in [3.63, 3.8) is 0 Å². The number of carbonyl (C=O) groups is 2. The molecule has 3 fully saturated rings. The summed E-state index contributed by atoms with van der Waals surface area (Å²) in [5.41, 5.74) is 3.59. The first-order valence-corrected chi connectivity index (χ1v) is 10.3. The first-order chi connectivity index (χ1) is 13.4. The highest BCUT2D eigenvalue weighted by molar-refractivity contribution is 5.99. The van der Waals surface area contributed by atoms with Crippen molar-refractivity contribution in [1.82, 2.24) is 15.2 Å². The Balaban J connectivity index is 1.38.